The number of benzene rings is 3. The van der Waals surface area contributed by atoms with Crippen molar-refractivity contribution in [1.29, 1.82) is 0 Å². The predicted octanol–water partition coefficient (Wildman–Crippen LogP) is 7.50. The van der Waals surface area contributed by atoms with Gasteiger partial charge in [0.05, 0.1) is 13.2 Å². The quantitative estimate of drug-likeness (QED) is 0.206. The number of methoxy groups -OCH3 is 1. The Morgan fingerprint density at radius 2 is 1.59 bits per heavy atom. The Morgan fingerprint density at radius 3 is 2.27 bits per heavy atom. The molecule has 0 aliphatic rings. The molecule has 0 radical (unpaired) electrons. The Kier molecular flexibility index (Phi) is 9.21. The van der Waals surface area contributed by atoms with E-state index in [9.17, 15) is 9.59 Å². The third kappa shape index (κ3) is 6.64. The molecule has 0 saturated carbocycles. The first-order chi connectivity index (χ1) is 19.5. The van der Waals surface area contributed by atoms with Gasteiger partial charge in [-0.1, -0.05) is 64.1 Å². The molecule has 4 rings (SSSR count). The van der Waals surface area contributed by atoms with Crippen molar-refractivity contribution in [2.24, 2.45) is 5.92 Å². The zero-order chi connectivity index (χ0) is 29.8. The number of nitrogens with zero attached hydrogens (tertiary/aromatic N) is 1. The van der Waals surface area contributed by atoms with Crippen LogP contribution >= 0.6 is 0 Å². The highest BCUT2D eigenvalue weighted by Crippen LogP contribution is 2.29. The summed E-state index contributed by atoms with van der Waals surface area (Å²) < 4.78 is 13.2. The van der Waals surface area contributed by atoms with Gasteiger partial charge in [0.25, 0.3) is 5.91 Å². The second-order valence-corrected chi connectivity index (χ2v) is 11.5. The third-order valence-corrected chi connectivity index (χ3v) is 7.87. The summed E-state index contributed by atoms with van der Waals surface area (Å²) in [4.78, 5) is 25.5. The molecular formula is C35H42N2O4. The second kappa shape index (κ2) is 12.6. The molecule has 1 amide bonds. The van der Waals surface area contributed by atoms with Gasteiger partial charge in [0.15, 0.2) is 6.10 Å². The Hall–Kier alpha value is -4.06. The van der Waals surface area contributed by atoms with Crippen LogP contribution in [0.4, 0.5) is 0 Å². The maximum atomic E-state index is 13.3. The number of ether oxygens (including phenoxy) is 2. The van der Waals surface area contributed by atoms with E-state index in [1.54, 1.807) is 0 Å². The average molecular weight is 555 g/mol. The van der Waals surface area contributed by atoms with Crippen LogP contribution < -0.4 is 10.1 Å². The summed E-state index contributed by atoms with van der Waals surface area (Å²) in [7, 11) is 1.38. The van der Waals surface area contributed by atoms with Crippen LogP contribution in [0.2, 0.25) is 0 Å². The van der Waals surface area contributed by atoms with E-state index in [4.69, 9.17) is 9.47 Å². The van der Waals surface area contributed by atoms with Crippen LogP contribution in [0.15, 0.2) is 66.7 Å². The molecule has 41 heavy (non-hydrogen) atoms. The van der Waals surface area contributed by atoms with Crippen LogP contribution in [0.3, 0.4) is 0 Å². The van der Waals surface area contributed by atoms with E-state index in [0.29, 0.717) is 23.8 Å². The fourth-order valence-corrected chi connectivity index (χ4v) is 5.16. The van der Waals surface area contributed by atoms with E-state index in [1.807, 2.05) is 63.2 Å². The van der Waals surface area contributed by atoms with Crippen molar-refractivity contribution in [2.45, 2.75) is 73.1 Å². The Bertz CT molecular complexity index is 1550. The largest absolute Gasteiger partial charge is 0.478 e. The molecule has 3 aromatic carbocycles. The molecule has 2 atom stereocenters. The molecule has 0 spiro atoms. The number of rotatable bonds is 10. The van der Waals surface area contributed by atoms with E-state index in [1.165, 1.54) is 12.7 Å². The van der Waals surface area contributed by atoms with Gasteiger partial charge in [0.2, 0.25) is 0 Å². The summed E-state index contributed by atoms with van der Waals surface area (Å²) in [6, 6.07) is 22.0. The van der Waals surface area contributed by atoms with Crippen molar-refractivity contribution >= 4 is 22.8 Å². The molecule has 216 valence electrons. The summed E-state index contributed by atoms with van der Waals surface area (Å²) in [6.07, 6.45) is -0.668. The minimum Gasteiger partial charge on any atom is -0.478 e. The monoisotopic (exact) mass is 554 g/mol. The minimum absolute atomic E-state index is 0.0241. The number of nitrogens with one attached hydrogen (secondary N) is 1. The van der Waals surface area contributed by atoms with Crippen molar-refractivity contribution in [3.63, 3.8) is 0 Å². The molecule has 0 saturated heterocycles. The van der Waals surface area contributed by atoms with Crippen molar-refractivity contribution in [3.8, 4) is 5.75 Å². The number of esters is 1. The Balaban J connectivity index is 1.55. The average Bonchev–Trinajstić information content (AvgIpc) is 3.19. The molecule has 0 fully saturated rings. The standard InChI is InChI=1S/C35H42N2O4/c1-21(2)27-12-10-13-28(18-27)24(6)36-34(38)29-15-16-32-31(19-29)23(5)25(7)37(32)20-26-11-9-14-30(17-26)41-33(22(3)4)35(39)40-8/h9-19,21-22,24,33H,20H2,1-8H3,(H,36,38)/t24-,33+/m0/s1. The number of carbonyl (C=O) groups excluding carboxylic acids is 2. The first kappa shape index (κ1) is 29.9. The van der Waals surface area contributed by atoms with Crippen molar-refractivity contribution in [1.82, 2.24) is 9.88 Å². The fourth-order valence-electron chi connectivity index (χ4n) is 5.16. The lowest BCUT2D eigenvalue weighted by atomic mass is 9.98. The lowest BCUT2D eigenvalue weighted by Gasteiger charge is -2.20. The molecule has 1 aromatic heterocycles. The van der Waals surface area contributed by atoms with Crippen molar-refractivity contribution in [2.75, 3.05) is 7.11 Å². The lowest BCUT2D eigenvalue weighted by molar-refractivity contribution is -0.150. The smallest absolute Gasteiger partial charge is 0.347 e. The number of fused-ring (bicyclic) bond motifs is 1. The number of carbonyl (C=O) groups is 2. The van der Waals surface area contributed by atoms with E-state index in [0.717, 1.165) is 33.3 Å². The minimum atomic E-state index is -0.668. The molecule has 0 unspecified atom stereocenters. The van der Waals surface area contributed by atoms with Gasteiger partial charge in [-0.25, -0.2) is 4.79 Å². The van der Waals surface area contributed by atoms with Crippen LogP contribution in [0.5, 0.6) is 5.75 Å². The van der Waals surface area contributed by atoms with E-state index in [-0.39, 0.29) is 23.8 Å². The normalized spacial score (nSPS) is 12.9. The fraction of sp³-hybridized carbons (Fsp3) is 0.371. The zero-order valence-electron chi connectivity index (χ0n) is 25.4. The molecule has 0 aliphatic carbocycles. The van der Waals surface area contributed by atoms with Crippen molar-refractivity contribution in [3.05, 3.63) is 100 Å². The number of amides is 1. The van der Waals surface area contributed by atoms with Gasteiger partial charge >= 0.3 is 5.97 Å². The van der Waals surface area contributed by atoms with E-state index < -0.39 is 6.10 Å². The molecule has 6 heteroatoms. The van der Waals surface area contributed by atoms with Gasteiger partial charge < -0.3 is 19.4 Å². The predicted molar refractivity (Wildman–Crippen MR) is 165 cm³/mol. The SMILES string of the molecule is COC(=O)[C@H](Oc1cccc(Cn2c(C)c(C)c3cc(C(=O)N[C@@H](C)c4cccc(C(C)C)c4)ccc32)c1)C(C)C. The maximum Gasteiger partial charge on any atom is 0.347 e. The lowest BCUT2D eigenvalue weighted by Crippen LogP contribution is -2.33. The third-order valence-electron chi connectivity index (χ3n) is 7.87. The summed E-state index contributed by atoms with van der Waals surface area (Å²) in [5.74, 6) is 0.566. The highest BCUT2D eigenvalue weighted by Gasteiger charge is 2.25. The van der Waals surface area contributed by atoms with Gasteiger partial charge in [-0.15, -0.1) is 0 Å². The zero-order valence-corrected chi connectivity index (χ0v) is 25.4. The van der Waals surface area contributed by atoms with Gasteiger partial charge in [0, 0.05) is 34.6 Å². The molecule has 6 nitrogen and oxygen atoms in total. The number of aryl methyl sites for hydroxylation is 1. The highest BCUT2D eigenvalue weighted by atomic mass is 16.6. The topological polar surface area (TPSA) is 69.6 Å². The summed E-state index contributed by atoms with van der Waals surface area (Å²) in [6.45, 7) is 15.1. The summed E-state index contributed by atoms with van der Waals surface area (Å²) >= 11 is 0. The van der Waals surface area contributed by atoms with Crippen LogP contribution in [0, 0.1) is 19.8 Å². The van der Waals surface area contributed by atoms with Crippen LogP contribution in [-0.2, 0) is 16.1 Å². The van der Waals surface area contributed by atoms with Crippen molar-refractivity contribution < 1.29 is 19.1 Å². The van der Waals surface area contributed by atoms with E-state index in [2.05, 4.69) is 61.8 Å². The van der Waals surface area contributed by atoms with Crippen LogP contribution in [0.25, 0.3) is 10.9 Å². The number of hydrogen-bond donors (Lipinski definition) is 1. The molecule has 1 heterocycles. The molecule has 0 aliphatic heterocycles. The maximum absolute atomic E-state index is 13.3. The molecule has 1 N–H and O–H groups in total. The number of aromatic nitrogens is 1. The van der Waals surface area contributed by atoms with E-state index >= 15 is 0 Å². The first-order valence-corrected chi connectivity index (χ1v) is 14.3. The molecule has 4 aromatic rings. The van der Waals surface area contributed by atoms with Crippen LogP contribution in [0.1, 0.15) is 84.9 Å². The summed E-state index contributed by atoms with van der Waals surface area (Å²) in [5.41, 5.74) is 7.40. The Morgan fingerprint density at radius 1 is 0.878 bits per heavy atom. The van der Waals surface area contributed by atoms with Gasteiger partial charge in [-0.05, 0) is 79.3 Å². The summed E-state index contributed by atoms with van der Waals surface area (Å²) in [5, 5.41) is 4.23. The number of hydrogen-bond acceptors (Lipinski definition) is 4. The second-order valence-electron chi connectivity index (χ2n) is 11.5. The van der Waals surface area contributed by atoms with Gasteiger partial charge in [-0.3, -0.25) is 4.79 Å². The first-order valence-electron chi connectivity index (χ1n) is 14.3. The van der Waals surface area contributed by atoms with Gasteiger partial charge in [0.1, 0.15) is 5.75 Å². The molecular weight excluding hydrogens is 512 g/mol. The highest BCUT2D eigenvalue weighted by molar-refractivity contribution is 5.99. The van der Waals surface area contributed by atoms with Gasteiger partial charge in [-0.2, -0.15) is 0 Å². The molecule has 0 bridgehead atoms. The Labute approximate surface area is 243 Å². The van der Waals surface area contributed by atoms with Crippen LogP contribution in [-0.4, -0.2) is 29.7 Å².